The van der Waals surface area contributed by atoms with E-state index in [1.54, 1.807) is 0 Å². The topological polar surface area (TPSA) is 59.2 Å². The van der Waals surface area contributed by atoms with Crippen LogP contribution < -0.4 is 5.73 Å². The fourth-order valence-electron chi connectivity index (χ4n) is 3.27. The molecule has 4 nitrogen and oxygen atoms in total. The highest BCUT2D eigenvalue weighted by molar-refractivity contribution is 6.31. The third-order valence-electron chi connectivity index (χ3n) is 4.49. The number of hydrogen-bond donors (Lipinski definition) is 1. The molecule has 5 heteroatoms. The Labute approximate surface area is 147 Å². The lowest BCUT2D eigenvalue weighted by Crippen LogP contribution is -2.24. The van der Waals surface area contributed by atoms with E-state index in [1.807, 2.05) is 30.3 Å². The number of primary amides is 1. The Bertz CT molecular complexity index is 719. The molecule has 2 heterocycles. The Balaban J connectivity index is 1.74. The fourth-order valence-corrected chi connectivity index (χ4v) is 3.47. The molecule has 0 bridgehead atoms. The first kappa shape index (κ1) is 16.9. The van der Waals surface area contributed by atoms with Crippen LogP contribution in [-0.4, -0.2) is 22.3 Å². The summed E-state index contributed by atoms with van der Waals surface area (Å²) in [6.07, 6.45) is 3.18. The molecule has 1 atom stereocenters. The lowest BCUT2D eigenvalue weighted by Gasteiger charge is -2.25. The number of carbonyl (C=O) groups excluding carboxylic acids is 1. The van der Waals surface area contributed by atoms with Gasteiger partial charge in [-0.3, -0.25) is 14.7 Å². The van der Waals surface area contributed by atoms with Gasteiger partial charge >= 0.3 is 0 Å². The zero-order chi connectivity index (χ0) is 16.9. The van der Waals surface area contributed by atoms with E-state index in [1.165, 1.54) is 0 Å². The van der Waals surface area contributed by atoms with Gasteiger partial charge in [0, 0.05) is 23.7 Å². The standard InChI is InChI=1S/C19H22ClN3O/c20-16-7-2-1-5-14(16)13-23-12-4-9-18(23)17-8-3-6-15(22-17)10-11-19(21)24/h1-3,5-8,18H,4,9-13H2,(H2,21,24). The van der Waals surface area contributed by atoms with E-state index in [9.17, 15) is 4.79 Å². The van der Waals surface area contributed by atoms with Crippen LogP contribution in [0.5, 0.6) is 0 Å². The van der Waals surface area contributed by atoms with E-state index in [-0.39, 0.29) is 5.91 Å². The average Bonchev–Trinajstić information content (AvgIpc) is 3.03. The quantitative estimate of drug-likeness (QED) is 0.873. The average molecular weight is 344 g/mol. The first-order valence-corrected chi connectivity index (χ1v) is 8.73. The van der Waals surface area contributed by atoms with Crippen molar-refractivity contribution in [2.75, 3.05) is 6.54 Å². The molecule has 0 spiro atoms. The van der Waals surface area contributed by atoms with Crippen LogP contribution in [0.2, 0.25) is 5.02 Å². The molecule has 2 N–H and O–H groups in total. The van der Waals surface area contributed by atoms with Crippen molar-refractivity contribution < 1.29 is 4.79 Å². The summed E-state index contributed by atoms with van der Waals surface area (Å²) >= 11 is 6.31. The molecule has 1 aromatic heterocycles. The molecule has 0 radical (unpaired) electrons. The number of benzene rings is 1. The molecule has 0 aliphatic carbocycles. The molecule has 2 aromatic rings. The number of carbonyl (C=O) groups is 1. The van der Waals surface area contributed by atoms with Gasteiger partial charge in [0.15, 0.2) is 0 Å². The Hall–Kier alpha value is -1.91. The first-order chi connectivity index (χ1) is 11.6. The minimum atomic E-state index is -0.289. The van der Waals surface area contributed by atoms with Gasteiger partial charge in [0.25, 0.3) is 0 Å². The second-order valence-corrected chi connectivity index (χ2v) is 6.65. The summed E-state index contributed by atoms with van der Waals surface area (Å²) in [7, 11) is 0. The largest absolute Gasteiger partial charge is 0.370 e. The SMILES string of the molecule is NC(=O)CCc1cccc(C2CCCN2Cc2ccccc2Cl)n1. The molecule has 1 fully saturated rings. The molecule has 0 saturated carbocycles. The van der Waals surface area contributed by atoms with Gasteiger partial charge in [-0.15, -0.1) is 0 Å². The zero-order valence-corrected chi connectivity index (χ0v) is 14.4. The number of pyridine rings is 1. The van der Waals surface area contributed by atoms with Crippen LogP contribution in [0, 0.1) is 0 Å². The van der Waals surface area contributed by atoms with Crippen molar-refractivity contribution in [1.82, 2.24) is 9.88 Å². The second kappa shape index (κ2) is 7.77. The van der Waals surface area contributed by atoms with E-state index in [2.05, 4.69) is 17.0 Å². The molecule has 1 saturated heterocycles. The normalized spacial score (nSPS) is 18.0. The van der Waals surface area contributed by atoms with Crippen LogP contribution in [0.15, 0.2) is 42.5 Å². The molecule has 1 aliphatic rings. The minimum absolute atomic E-state index is 0.289. The predicted molar refractivity (Wildman–Crippen MR) is 95.6 cm³/mol. The molecular weight excluding hydrogens is 322 g/mol. The molecular formula is C19H22ClN3O. The molecule has 126 valence electrons. The van der Waals surface area contributed by atoms with E-state index >= 15 is 0 Å². The summed E-state index contributed by atoms with van der Waals surface area (Å²) in [5.74, 6) is -0.289. The van der Waals surface area contributed by atoms with Crippen molar-refractivity contribution in [3.05, 3.63) is 64.4 Å². The number of rotatable bonds is 6. The van der Waals surface area contributed by atoms with Crippen molar-refractivity contribution in [1.29, 1.82) is 0 Å². The highest BCUT2D eigenvalue weighted by Gasteiger charge is 2.27. The van der Waals surface area contributed by atoms with Gasteiger partial charge in [-0.25, -0.2) is 0 Å². The Morgan fingerprint density at radius 3 is 2.88 bits per heavy atom. The fraction of sp³-hybridized carbons (Fsp3) is 0.368. The molecule has 1 unspecified atom stereocenters. The highest BCUT2D eigenvalue weighted by Crippen LogP contribution is 2.33. The number of nitrogens with zero attached hydrogens (tertiary/aromatic N) is 2. The van der Waals surface area contributed by atoms with Crippen LogP contribution in [0.25, 0.3) is 0 Å². The summed E-state index contributed by atoms with van der Waals surface area (Å²) in [6, 6.07) is 14.3. The molecule has 3 rings (SSSR count). The number of likely N-dealkylation sites (tertiary alicyclic amines) is 1. The van der Waals surface area contributed by atoms with E-state index in [4.69, 9.17) is 22.3 Å². The number of halogens is 1. The molecule has 1 aliphatic heterocycles. The van der Waals surface area contributed by atoms with Gasteiger partial charge in [0.05, 0.1) is 11.7 Å². The van der Waals surface area contributed by atoms with E-state index in [0.717, 1.165) is 47.9 Å². The lowest BCUT2D eigenvalue weighted by atomic mass is 10.1. The number of amides is 1. The number of nitrogens with two attached hydrogens (primary N) is 1. The maximum Gasteiger partial charge on any atom is 0.217 e. The van der Waals surface area contributed by atoms with Gasteiger partial charge in [-0.1, -0.05) is 35.9 Å². The maximum absolute atomic E-state index is 11.0. The Morgan fingerprint density at radius 2 is 2.08 bits per heavy atom. The van der Waals surface area contributed by atoms with Crippen molar-refractivity contribution in [3.63, 3.8) is 0 Å². The van der Waals surface area contributed by atoms with Crippen LogP contribution >= 0.6 is 11.6 Å². The van der Waals surface area contributed by atoms with Crippen LogP contribution in [0.4, 0.5) is 0 Å². The van der Waals surface area contributed by atoms with Crippen LogP contribution in [0.3, 0.4) is 0 Å². The lowest BCUT2D eigenvalue weighted by molar-refractivity contribution is -0.118. The summed E-state index contributed by atoms with van der Waals surface area (Å²) in [5.41, 5.74) is 8.38. The van der Waals surface area contributed by atoms with Crippen molar-refractivity contribution >= 4 is 17.5 Å². The maximum atomic E-state index is 11.0. The summed E-state index contributed by atoms with van der Waals surface area (Å²) in [6.45, 7) is 1.88. The van der Waals surface area contributed by atoms with E-state index < -0.39 is 0 Å². The van der Waals surface area contributed by atoms with Crippen LogP contribution in [0.1, 0.15) is 42.3 Å². The van der Waals surface area contributed by atoms with Crippen molar-refractivity contribution in [3.8, 4) is 0 Å². The van der Waals surface area contributed by atoms with Crippen molar-refractivity contribution in [2.45, 2.75) is 38.3 Å². The Morgan fingerprint density at radius 1 is 1.25 bits per heavy atom. The predicted octanol–water partition coefficient (Wildman–Crippen LogP) is 3.49. The third kappa shape index (κ3) is 4.13. The molecule has 1 aromatic carbocycles. The van der Waals surface area contributed by atoms with Gasteiger partial charge < -0.3 is 5.73 Å². The number of aromatic nitrogens is 1. The molecule has 24 heavy (non-hydrogen) atoms. The molecule has 1 amide bonds. The monoisotopic (exact) mass is 343 g/mol. The number of aryl methyl sites for hydroxylation is 1. The van der Waals surface area contributed by atoms with Gasteiger partial charge in [-0.05, 0) is 49.6 Å². The van der Waals surface area contributed by atoms with Crippen LogP contribution in [-0.2, 0) is 17.8 Å². The van der Waals surface area contributed by atoms with E-state index in [0.29, 0.717) is 18.9 Å². The summed E-state index contributed by atoms with van der Waals surface area (Å²) < 4.78 is 0. The highest BCUT2D eigenvalue weighted by atomic mass is 35.5. The van der Waals surface area contributed by atoms with Gasteiger partial charge in [0.1, 0.15) is 0 Å². The van der Waals surface area contributed by atoms with Gasteiger partial charge in [0.2, 0.25) is 5.91 Å². The van der Waals surface area contributed by atoms with Crippen molar-refractivity contribution in [2.24, 2.45) is 5.73 Å². The third-order valence-corrected chi connectivity index (χ3v) is 4.86. The number of hydrogen-bond acceptors (Lipinski definition) is 3. The smallest absolute Gasteiger partial charge is 0.217 e. The summed E-state index contributed by atoms with van der Waals surface area (Å²) in [5, 5.41) is 0.811. The summed E-state index contributed by atoms with van der Waals surface area (Å²) in [4.78, 5) is 18.2. The second-order valence-electron chi connectivity index (χ2n) is 6.24. The Kier molecular flexibility index (Phi) is 5.48. The van der Waals surface area contributed by atoms with Gasteiger partial charge in [-0.2, -0.15) is 0 Å². The minimum Gasteiger partial charge on any atom is -0.370 e. The zero-order valence-electron chi connectivity index (χ0n) is 13.6. The first-order valence-electron chi connectivity index (χ1n) is 8.35.